The van der Waals surface area contributed by atoms with Crippen LogP contribution in [-0.2, 0) is 6.42 Å². The fraction of sp³-hybridized carbons (Fsp3) is 0.625. The number of aliphatic hydroxyl groups is 1. The number of methoxy groups -OCH3 is 1. The highest BCUT2D eigenvalue weighted by Gasteiger charge is 2.19. The lowest BCUT2D eigenvalue weighted by Gasteiger charge is -2.27. The molecule has 0 aromatic heterocycles. The number of fused-ring (bicyclic) bond motifs is 1. The molecule has 0 heterocycles. The maximum Gasteiger partial charge on any atom is 0.119 e. The molecule has 0 saturated heterocycles. The van der Waals surface area contributed by atoms with E-state index in [0.29, 0.717) is 6.04 Å². The highest BCUT2D eigenvalue weighted by Crippen LogP contribution is 2.32. The second-order valence-corrected chi connectivity index (χ2v) is 5.45. The van der Waals surface area contributed by atoms with Gasteiger partial charge in [-0.2, -0.15) is 0 Å². The fourth-order valence-electron chi connectivity index (χ4n) is 2.80. The molecular weight excluding hydrogens is 238 g/mol. The van der Waals surface area contributed by atoms with Gasteiger partial charge in [0, 0.05) is 6.04 Å². The zero-order chi connectivity index (χ0) is 13.7. The quantitative estimate of drug-likeness (QED) is 0.775. The molecule has 2 rings (SSSR count). The van der Waals surface area contributed by atoms with Gasteiger partial charge in [-0.25, -0.2) is 0 Å². The highest BCUT2D eigenvalue weighted by molar-refractivity contribution is 5.39. The zero-order valence-electron chi connectivity index (χ0n) is 12.0. The number of hydrogen-bond donors (Lipinski definition) is 2. The number of nitrogens with one attached hydrogen (secondary N) is 1. The SMILES string of the molecule is COc1ccc2c(c1)CCCC2NCCCC(C)O. The van der Waals surface area contributed by atoms with Gasteiger partial charge >= 0.3 is 0 Å². The molecule has 2 unspecified atom stereocenters. The van der Waals surface area contributed by atoms with Gasteiger partial charge in [0.15, 0.2) is 0 Å². The van der Waals surface area contributed by atoms with E-state index in [0.717, 1.165) is 31.6 Å². The van der Waals surface area contributed by atoms with Crippen LogP contribution in [0.15, 0.2) is 18.2 Å². The molecule has 0 spiro atoms. The van der Waals surface area contributed by atoms with Crippen molar-refractivity contribution in [2.45, 2.75) is 51.2 Å². The van der Waals surface area contributed by atoms with Gasteiger partial charge in [-0.05, 0) is 68.8 Å². The van der Waals surface area contributed by atoms with Crippen molar-refractivity contribution < 1.29 is 9.84 Å². The van der Waals surface area contributed by atoms with Crippen LogP contribution in [0.2, 0.25) is 0 Å². The molecule has 1 aliphatic carbocycles. The smallest absolute Gasteiger partial charge is 0.119 e. The van der Waals surface area contributed by atoms with Crippen LogP contribution >= 0.6 is 0 Å². The third kappa shape index (κ3) is 3.95. The summed E-state index contributed by atoms with van der Waals surface area (Å²) >= 11 is 0. The zero-order valence-corrected chi connectivity index (χ0v) is 12.0. The number of benzene rings is 1. The van der Waals surface area contributed by atoms with E-state index >= 15 is 0 Å². The molecule has 0 radical (unpaired) electrons. The van der Waals surface area contributed by atoms with Crippen molar-refractivity contribution in [3.63, 3.8) is 0 Å². The summed E-state index contributed by atoms with van der Waals surface area (Å²) in [4.78, 5) is 0. The minimum Gasteiger partial charge on any atom is -0.497 e. The molecule has 0 fully saturated rings. The van der Waals surface area contributed by atoms with Crippen LogP contribution in [0, 0.1) is 0 Å². The van der Waals surface area contributed by atoms with E-state index in [9.17, 15) is 5.11 Å². The van der Waals surface area contributed by atoms with Gasteiger partial charge < -0.3 is 15.2 Å². The van der Waals surface area contributed by atoms with Crippen LogP contribution in [0.1, 0.15) is 49.8 Å². The van der Waals surface area contributed by atoms with Crippen molar-refractivity contribution in [3.8, 4) is 5.75 Å². The van der Waals surface area contributed by atoms with Crippen molar-refractivity contribution >= 4 is 0 Å². The predicted octanol–water partition coefficient (Wildman–Crippen LogP) is 2.82. The van der Waals surface area contributed by atoms with E-state index in [1.807, 2.05) is 6.92 Å². The Morgan fingerprint density at radius 3 is 3.05 bits per heavy atom. The van der Waals surface area contributed by atoms with Crippen molar-refractivity contribution in [2.24, 2.45) is 0 Å². The summed E-state index contributed by atoms with van der Waals surface area (Å²) in [7, 11) is 1.72. The first-order valence-corrected chi connectivity index (χ1v) is 7.29. The van der Waals surface area contributed by atoms with Gasteiger partial charge in [0.05, 0.1) is 13.2 Å². The second-order valence-electron chi connectivity index (χ2n) is 5.45. The van der Waals surface area contributed by atoms with Crippen molar-refractivity contribution in [2.75, 3.05) is 13.7 Å². The standard InChI is InChI=1S/C16H25NO2/c1-12(18)5-4-10-17-16-7-3-6-13-11-14(19-2)8-9-15(13)16/h8-9,11-12,16-18H,3-7,10H2,1-2H3. The van der Waals surface area contributed by atoms with E-state index < -0.39 is 0 Å². The molecule has 0 bridgehead atoms. The van der Waals surface area contributed by atoms with Crippen LogP contribution in [-0.4, -0.2) is 24.9 Å². The summed E-state index contributed by atoms with van der Waals surface area (Å²) in [6, 6.07) is 6.87. The number of aryl methyl sites for hydroxylation is 1. The molecule has 19 heavy (non-hydrogen) atoms. The Hall–Kier alpha value is -1.06. The van der Waals surface area contributed by atoms with Gasteiger partial charge in [-0.15, -0.1) is 0 Å². The molecule has 2 atom stereocenters. The maximum absolute atomic E-state index is 9.26. The Bertz CT molecular complexity index is 404. The summed E-state index contributed by atoms with van der Waals surface area (Å²) in [5.41, 5.74) is 2.84. The normalized spacial score (nSPS) is 19.8. The van der Waals surface area contributed by atoms with Crippen LogP contribution in [0.5, 0.6) is 5.75 Å². The van der Waals surface area contributed by atoms with Gasteiger partial charge in [-0.3, -0.25) is 0 Å². The lowest BCUT2D eigenvalue weighted by molar-refractivity contribution is 0.180. The van der Waals surface area contributed by atoms with E-state index in [1.54, 1.807) is 7.11 Å². The predicted molar refractivity (Wildman–Crippen MR) is 77.6 cm³/mol. The van der Waals surface area contributed by atoms with Gasteiger partial charge in [0.25, 0.3) is 0 Å². The number of ether oxygens (including phenoxy) is 1. The van der Waals surface area contributed by atoms with Crippen LogP contribution in [0.3, 0.4) is 0 Å². The molecule has 0 aliphatic heterocycles. The largest absolute Gasteiger partial charge is 0.497 e. The van der Waals surface area contributed by atoms with Crippen LogP contribution < -0.4 is 10.1 Å². The molecule has 1 aromatic carbocycles. The Kier molecular flexibility index (Phi) is 5.23. The molecule has 1 aromatic rings. The monoisotopic (exact) mass is 263 g/mol. The molecule has 0 amide bonds. The first-order valence-electron chi connectivity index (χ1n) is 7.29. The summed E-state index contributed by atoms with van der Waals surface area (Å²) in [6.45, 7) is 2.82. The topological polar surface area (TPSA) is 41.5 Å². The summed E-state index contributed by atoms with van der Waals surface area (Å²) in [5.74, 6) is 0.952. The van der Waals surface area contributed by atoms with Crippen molar-refractivity contribution in [1.82, 2.24) is 5.32 Å². The number of hydrogen-bond acceptors (Lipinski definition) is 3. The summed E-state index contributed by atoms with van der Waals surface area (Å²) in [6.07, 6.45) is 5.29. The Labute approximate surface area is 116 Å². The minimum atomic E-state index is -0.190. The average Bonchev–Trinajstić information content (AvgIpc) is 2.42. The van der Waals surface area contributed by atoms with Gasteiger partial charge in [-0.1, -0.05) is 6.07 Å². The molecular formula is C16H25NO2. The second kappa shape index (κ2) is 6.92. The third-order valence-corrected chi connectivity index (χ3v) is 3.85. The lowest BCUT2D eigenvalue weighted by Crippen LogP contribution is -2.26. The number of aliphatic hydroxyl groups excluding tert-OH is 1. The molecule has 3 nitrogen and oxygen atoms in total. The first kappa shape index (κ1) is 14.4. The van der Waals surface area contributed by atoms with Crippen LogP contribution in [0.4, 0.5) is 0 Å². The fourth-order valence-corrected chi connectivity index (χ4v) is 2.80. The molecule has 106 valence electrons. The first-order chi connectivity index (χ1) is 9.20. The molecule has 0 saturated carbocycles. The van der Waals surface area contributed by atoms with Crippen LogP contribution in [0.25, 0.3) is 0 Å². The van der Waals surface area contributed by atoms with Gasteiger partial charge in [0.2, 0.25) is 0 Å². The van der Waals surface area contributed by atoms with E-state index in [2.05, 4.69) is 23.5 Å². The Morgan fingerprint density at radius 2 is 2.32 bits per heavy atom. The third-order valence-electron chi connectivity index (χ3n) is 3.85. The summed E-state index contributed by atoms with van der Waals surface area (Å²) in [5, 5.41) is 12.9. The number of rotatable bonds is 6. The molecule has 3 heteroatoms. The average molecular weight is 263 g/mol. The van der Waals surface area contributed by atoms with E-state index in [-0.39, 0.29) is 6.10 Å². The molecule has 1 aliphatic rings. The lowest BCUT2D eigenvalue weighted by atomic mass is 9.87. The van der Waals surface area contributed by atoms with E-state index in [1.165, 1.54) is 24.0 Å². The Balaban J connectivity index is 1.94. The van der Waals surface area contributed by atoms with Crippen molar-refractivity contribution in [1.29, 1.82) is 0 Å². The Morgan fingerprint density at radius 1 is 1.47 bits per heavy atom. The maximum atomic E-state index is 9.26. The van der Waals surface area contributed by atoms with E-state index in [4.69, 9.17) is 4.74 Å². The summed E-state index contributed by atoms with van der Waals surface area (Å²) < 4.78 is 5.29. The molecule has 2 N–H and O–H groups in total. The minimum absolute atomic E-state index is 0.190. The van der Waals surface area contributed by atoms with Gasteiger partial charge in [0.1, 0.15) is 5.75 Å². The van der Waals surface area contributed by atoms with Crippen molar-refractivity contribution in [3.05, 3.63) is 29.3 Å². The highest BCUT2D eigenvalue weighted by atomic mass is 16.5.